The van der Waals surface area contributed by atoms with Crippen LogP contribution in [0.2, 0.25) is 0 Å². The normalized spacial score (nSPS) is 15.6. The molecule has 36 heavy (non-hydrogen) atoms. The zero-order chi connectivity index (χ0) is 26.2. The summed E-state index contributed by atoms with van der Waals surface area (Å²) in [6.45, 7) is 8.27. The fraction of sp³-hybridized carbons (Fsp3) is 0.593. The zero-order valence-electron chi connectivity index (χ0n) is 22.0. The number of esters is 1. The van der Waals surface area contributed by atoms with Crippen LogP contribution in [0.15, 0.2) is 18.2 Å². The Hall–Kier alpha value is -2.78. The number of hydroxylamine groups is 1. The number of carbonyl (C=O) groups excluding carboxylic acids is 1. The molecule has 0 radical (unpaired) electrons. The van der Waals surface area contributed by atoms with Gasteiger partial charge in [-0.05, 0) is 75.9 Å². The van der Waals surface area contributed by atoms with Crippen molar-refractivity contribution < 1.29 is 19.1 Å². The van der Waals surface area contributed by atoms with E-state index in [0.29, 0.717) is 40.7 Å². The number of anilines is 2. The molecule has 2 heterocycles. The first-order valence-corrected chi connectivity index (χ1v) is 12.9. The summed E-state index contributed by atoms with van der Waals surface area (Å²) in [5.74, 6) is -0.0153. The van der Waals surface area contributed by atoms with Crippen LogP contribution in [0.1, 0.15) is 68.3 Å². The highest BCUT2D eigenvalue weighted by atomic mass is 19.1. The molecule has 1 aromatic carbocycles. The largest absolute Gasteiger partial charge is 0.465 e. The molecule has 1 aliphatic rings. The fourth-order valence-corrected chi connectivity index (χ4v) is 4.70. The summed E-state index contributed by atoms with van der Waals surface area (Å²) in [4.78, 5) is 23.1. The average Bonchev–Trinajstić information content (AvgIpc) is 2.84. The van der Waals surface area contributed by atoms with E-state index < -0.39 is 5.82 Å². The molecule has 2 aromatic rings. The van der Waals surface area contributed by atoms with Crippen molar-refractivity contribution in [1.29, 1.82) is 0 Å². The van der Waals surface area contributed by atoms with Gasteiger partial charge >= 0.3 is 5.97 Å². The third-order valence-electron chi connectivity index (χ3n) is 7.02. The van der Waals surface area contributed by atoms with Gasteiger partial charge in [-0.25, -0.2) is 14.4 Å². The Morgan fingerprint density at radius 3 is 2.67 bits per heavy atom. The van der Waals surface area contributed by atoms with Gasteiger partial charge in [0.1, 0.15) is 5.82 Å². The Morgan fingerprint density at radius 2 is 2.03 bits per heavy atom. The van der Waals surface area contributed by atoms with Gasteiger partial charge in [0.2, 0.25) is 5.95 Å². The average molecular weight is 502 g/mol. The van der Waals surface area contributed by atoms with Crippen LogP contribution in [0.25, 0.3) is 0 Å². The summed E-state index contributed by atoms with van der Waals surface area (Å²) in [6, 6.07) is 4.65. The van der Waals surface area contributed by atoms with Gasteiger partial charge in [0.15, 0.2) is 5.82 Å². The standard InChI is InChI=1S/C27H40FN5O3/c1-5-7-22(6-2)33(35)26-23(18(3)30-27(29)31-26)16-21-9-8-20(14-24(21)28)15-25(34)36-17-19-10-12-32(4)13-11-19/h8-9,14,19,22,35H,5-7,10-13,15-17H2,1-4H3,(H2,29,30,31). The van der Waals surface area contributed by atoms with Crippen LogP contribution >= 0.6 is 0 Å². The maximum absolute atomic E-state index is 15.1. The minimum absolute atomic E-state index is 0.0265. The molecule has 0 spiro atoms. The minimum atomic E-state index is -0.428. The number of nitrogens with zero attached hydrogens (tertiary/aromatic N) is 4. The second kappa shape index (κ2) is 13.0. The van der Waals surface area contributed by atoms with Gasteiger partial charge in [-0.3, -0.25) is 10.0 Å². The molecular formula is C27H40FN5O3. The SMILES string of the molecule is CCCC(CC)N(O)c1nc(N)nc(C)c1Cc1ccc(CC(=O)OCC2CCN(C)CC2)cc1F. The lowest BCUT2D eigenvalue weighted by Gasteiger charge is -2.28. The number of carbonyl (C=O) groups is 1. The number of likely N-dealkylation sites (tertiary alicyclic amines) is 1. The molecule has 0 amide bonds. The molecule has 3 rings (SSSR count). The van der Waals surface area contributed by atoms with Gasteiger partial charge in [-0.2, -0.15) is 4.98 Å². The number of aromatic nitrogens is 2. The molecule has 3 N–H and O–H groups in total. The fourth-order valence-electron chi connectivity index (χ4n) is 4.70. The summed E-state index contributed by atoms with van der Waals surface area (Å²) in [7, 11) is 2.09. The maximum atomic E-state index is 15.1. The zero-order valence-corrected chi connectivity index (χ0v) is 22.0. The lowest BCUT2D eigenvalue weighted by molar-refractivity contribution is -0.144. The lowest BCUT2D eigenvalue weighted by atomic mass is 9.98. The van der Waals surface area contributed by atoms with Crippen molar-refractivity contribution in [3.05, 3.63) is 46.4 Å². The number of piperidine rings is 1. The summed E-state index contributed by atoms with van der Waals surface area (Å²) in [5.41, 5.74) is 8.06. The number of nitrogen functional groups attached to an aromatic ring is 1. The third-order valence-corrected chi connectivity index (χ3v) is 7.02. The van der Waals surface area contributed by atoms with E-state index in [0.717, 1.165) is 50.3 Å². The smallest absolute Gasteiger partial charge is 0.310 e. The van der Waals surface area contributed by atoms with Crippen molar-refractivity contribution in [3.8, 4) is 0 Å². The van der Waals surface area contributed by atoms with Gasteiger partial charge in [0, 0.05) is 17.7 Å². The van der Waals surface area contributed by atoms with Crippen molar-refractivity contribution in [2.24, 2.45) is 5.92 Å². The van der Waals surface area contributed by atoms with E-state index in [-0.39, 0.29) is 30.8 Å². The van der Waals surface area contributed by atoms with Crippen LogP contribution in [0, 0.1) is 18.7 Å². The van der Waals surface area contributed by atoms with Crippen LogP contribution in [0.3, 0.4) is 0 Å². The molecule has 198 valence electrons. The number of ether oxygens (including phenoxy) is 1. The molecule has 1 saturated heterocycles. The molecule has 1 aliphatic heterocycles. The summed E-state index contributed by atoms with van der Waals surface area (Å²) in [6.07, 6.45) is 4.67. The molecule has 1 unspecified atom stereocenters. The second-order valence-corrected chi connectivity index (χ2v) is 9.87. The number of nitrogens with two attached hydrogens (primary N) is 1. The molecule has 0 aliphatic carbocycles. The number of halogens is 1. The van der Waals surface area contributed by atoms with Gasteiger partial charge in [-0.1, -0.05) is 32.4 Å². The quantitative estimate of drug-likeness (QED) is 0.347. The molecule has 0 bridgehead atoms. The number of hydrogen-bond acceptors (Lipinski definition) is 8. The predicted molar refractivity (Wildman–Crippen MR) is 139 cm³/mol. The molecule has 1 atom stereocenters. The number of benzene rings is 1. The Morgan fingerprint density at radius 1 is 1.31 bits per heavy atom. The first-order chi connectivity index (χ1) is 17.2. The van der Waals surface area contributed by atoms with E-state index in [1.807, 2.05) is 6.92 Å². The van der Waals surface area contributed by atoms with Crippen LogP contribution in [0.4, 0.5) is 16.2 Å². The molecule has 9 heteroatoms. The van der Waals surface area contributed by atoms with Gasteiger partial charge in [0.05, 0.1) is 19.1 Å². The van der Waals surface area contributed by atoms with E-state index in [4.69, 9.17) is 10.5 Å². The van der Waals surface area contributed by atoms with E-state index in [1.165, 1.54) is 6.07 Å². The molecule has 1 fully saturated rings. The molecule has 1 aromatic heterocycles. The van der Waals surface area contributed by atoms with E-state index in [1.54, 1.807) is 19.1 Å². The van der Waals surface area contributed by atoms with Crippen LogP contribution in [-0.2, 0) is 22.4 Å². The Bertz CT molecular complexity index is 1030. The van der Waals surface area contributed by atoms with E-state index >= 15 is 4.39 Å². The van der Waals surface area contributed by atoms with Gasteiger partial charge in [0.25, 0.3) is 0 Å². The number of hydrogen-bond donors (Lipinski definition) is 2. The highest BCUT2D eigenvalue weighted by molar-refractivity contribution is 5.72. The van der Waals surface area contributed by atoms with Crippen molar-refractivity contribution in [3.63, 3.8) is 0 Å². The first kappa shape index (κ1) is 27.8. The van der Waals surface area contributed by atoms with Crippen molar-refractivity contribution in [2.75, 3.05) is 37.5 Å². The lowest BCUT2D eigenvalue weighted by Crippen LogP contribution is -2.33. The Kier molecular flexibility index (Phi) is 10.0. The molecular weight excluding hydrogens is 461 g/mol. The van der Waals surface area contributed by atoms with Crippen LogP contribution in [0.5, 0.6) is 0 Å². The van der Waals surface area contributed by atoms with Crippen molar-refractivity contribution in [2.45, 2.75) is 71.8 Å². The van der Waals surface area contributed by atoms with E-state index in [2.05, 4.69) is 28.8 Å². The predicted octanol–water partition coefficient (Wildman–Crippen LogP) is 4.30. The Labute approximate surface area is 213 Å². The number of rotatable bonds is 11. The van der Waals surface area contributed by atoms with Crippen molar-refractivity contribution in [1.82, 2.24) is 14.9 Å². The topological polar surface area (TPSA) is 105 Å². The van der Waals surface area contributed by atoms with Crippen LogP contribution < -0.4 is 10.8 Å². The number of aryl methyl sites for hydroxylation is 1. The third kappa shape index (κ3) is 7.36. The summed E-state index contributed by atoms with van der Waals surface area (Å²) >= 11 is 0. The van der Waals surface area contributed by atoms with Gasteiger partial charge in [-0.15, -0.1) is 0 Å². The monoisotopic (exact) mass is 501 g/mol. The molecule has 8 nitrogen and oxygen atoms in total. The summed E-state index contributed by atoms with van der Waals surface area (Å²) < 4.78 is 20.6. The Balaban J connectivity index is 1.69. The molecule has 0 saturated carbocycles. The van der Waals surface area contributed by atoms with Crippen LogP contribution in [-0.4, -0.2) is 58.8 Å². The summed E-state index contributed by atoms with van der Waals surface area (Å²) in [5, 5.41) is 12.1. The highest BCUT2D eigenvalue weighted by Crippen LogP contribution is 2.28. The van der Waals surface area contributed by atoms with Crippen molar-refractivity contribution >= 4 is 17.7 Å². The minimum Gasteiger partial charge on any atom is -0.465 e. The first-order valence-electron chi connectivity index (χ1n) is 12.9. The van der Waals surface area contributed by atoms with Gasteiger partial charge < -0.3 is 15.4 Å². The van der Waals surface area contributed by atoms with E-state index in [9.17, 15) is 10.0 Å². The second-order valence-electron chi connectivity index (χ2n) is 9.87. The highest BCUT2D eigenvalue weighted by Gasteiger charge is 2.23. The maximum Gasteiger partial charge on any atom is 0.310 e.